The molecule has 0 aliphatic rings. The third-order valence-electron chi connectivity index (χ3n) is 7.93. The van der Waals surface area contributed by atoms with Crippen LogP contribution >= 0.6 is 0 Å². The number of benzene rings is 5. The molecule has 2 heterocycles. The van der Waals surface area contributed by atoms with E-state index in [1.807, 2.05) is 6.07 Å². The van der Waals surface area contributed by atoms with Crippen LogP contribution in [0.4, 0.5) is 0 Å². The molecule has 0 N–H and O–H groups in total. The fraction of sp³-hybridized carbons (Fsp3) is 0.111. The van der Waals surface area contributed by atoms with Gasteiger partial charge in [0.25, 0.3) is 5.82 Å². The lowest BCUT2D eigenvalue weighted by atomic mass is 10.0. The van der Waals surface area contributed by atoms with Gasteiger partial charge in [-0.05, 0) is 78.9 Å². The van der Waals surface area contributed by atoms with Gasteiger partial charge in [0.1, 0.15) is 16.8 Å². The predicted molar refractivity (Wildman–Crippen MR) is 163 cm³/mol. The van der Waals surface area contributed by atoms with Gasteiger partial charge in [-0.3, -0.25) is 0 Å². The highest BCUT2D eigenvalue weighted by Crippen LogP contribution is 2.38. The van der Waals surface area contributed by atoms with E-state index < -0.39 is 0 Å². The molecule has 7 rings (SSSR count). The van der Waals surface area contributed by atoms with Gasteiger partial charge < -0.3 is 4.42 Å². The van der Waals surface area contributed by atoms with Gasteiger partial charge in [-0.2, -0.15) is 4.57 Å². The summed E-state index contributed by atoms with van der Waals surface area (Å²) in [6.07, 6.45) is 0. The Labute approximate surface area is 233 Å². The molecule has 0 saturated carbocycles. The molecule has 0 aliphatic carbocycles. The van der Waals surface area contributed by atoms with E-state index in [2.05, 4.69) is 140 Å². The minimum Gasteiger partial charge on any atom is -0.435 e. The summed E-state index contributed by atoms with van der Waals surface area (Å²) in [5, 5.41) is 0. The second-order valence-electron chi connectivity index (χ2n) is 10.5. The van der Waals surface area contributed by atoms with Crippen LogP contribution in [0, 0.1) is 20.8 Å². The van der Waals surface area contributed by atoms with Gasteiger partial charge in [-0.25, -0.2) is 9.55 Å². The summed E-state index contributed by atoms with van der Waals surface area (Å²) in [5.41, 5.74) is 13.0. The van der Waals surface area contributed by atoms with Crippen LogP contribution in [0.2, 0.25) is 0 Å². The molecule has 0 atom stereocenters. The zero-order valence-corrected chi connectivity index (χ0v) is 23.1. The first-order valence-electron chi connectivity index (χ1n) is 13.6. The van der Waals surface area contributed by atoms with E-state index >= 15 is 0 Å². The van der Waals surface area contributed by atoms with E-state index in [1.165, 1.54) is 11.1 Å². The number of imidazole rings is 1. The van der Waals surface area contributed by atoms with Gasteiger partial charge in [-0.15, -0.1) is 0 Å². The van der Waals surface area contributed by atoms with Crippen molar-refractivity contribution in [3.63, 3.8) is 0 Å². The van der Waals surface area contributed by atoms with Crippen LogP contribution in [0.15, 0.2) is 114 Å². The first-order valence-corrected chi connectivity index (χ1v) is 13.6. The molecule has 5 aromatic carbocycles. The molecule has 0 spiro atoms. The molecule has 0 aliphatic heterocycles. The molecule has 7 aromatic rings. The van der Waals surface area contributed by atoms with Gasteiger partial charge in [0.2, 0.25) is 5.89 Å². The largest absolute Gasteiger partial charge is 0.435 e. The van der Waals surface area contributed by atoms with Crippen molar-refractivity contribution in [3.8, 4) is 39.7 Å². The minimum absolute atomic E-state index is 0.662. The third-order valence-corrected chi connectivity index (χ3v) is 7.93. The number of rotatable bonds is 4. The van der Waals surface area contributed by atoms with E-state index in [1.54, 1.807) is 0 Å². The Morgan fingerprint density at radius 2 is 1.27 bits per heavy atom. The van der Waals surface area contributed by atoms with E-state index in [0.717, 1.165) is 61.5 Å². The summed E-state index contributed by atoms with van der Waals surface area (Å²) in [6, 6.07) is 38.4. The normalized spacial score (nSPS) is 11.5. The third kappa shape index (κ3) is 3.76. The second-order valence-corrected chi connectivity index (χ2v) is 10.5. The number of nitrogens with zero attached hydrogens (tertiary/aromatic N) is 3. The smallest absolute Gasteiger partial charge is 0.299 e. The van der Waals surface area contributed by atoms with E-state index in [0.29, 0.717) is 5.89 Å². The van der Waals surface area contributed by atoms with Gasteiger partial charge in [0.05, 0.1) is 7.05 Å². The fourth-order valence-electron chi connectivity index (χ4n) is 5.92. The van der Waals surface area contributed by atoms with Crippen LogP contribution in [0.3, 0.4) is 0 Å². The molecule has 0 bridgehead atoms. The molecule has 2 aromatic heterocycles. The number of hydrogen-bond donors (Lipinski definition) is 0. The number of oxazole rings is 1. The number of para-hydroxylation sites is 2. The Hall–Kier alpha value is -4.96. The van der Waals surface area contributed by atoms with Crippen molar-refractivity contribution in [1.29, 1.82) is 0 Å². The zero-order chi connectivity index (χ0) is 27.4. The van der Waals surface area contributed by atoms with Gasteiger partial charge in [0.15, 0.2) is 16.6 Å². The number of aryl methyl sites for hydroxylation is 4. The average molecular weight is 521 g/mol. The SMILES string of the molecule is Cc1cccc(C)c1-c1nc2ccc(C)c(-c3n(-c4ccc(-c5ccccc5)cc4)c4ccccc4[n+]3C)c2o1. The molecular weight excluding hydrogens is 490 g/mol. The lowest BCUT2D eigenvalue weighted by molar-refractivity contribution is -0.633. The second kappa shape index (κ2) is 9.35. The molecule has 0 unspecified atom stereocenters. The number of hydrogen-bond acceptors (Lipinski definition) is 2. The summed E-state index contributed by atoms with van der Waals surface area (Å²) in [5.74, 6) is 1.72. The lowest BCUT2D eigenvalue weighted by Gasteiger charge is -2.08. The van der Waals surface area contributed by atoms with Crippen LogP contribution in [-0.4, -0.2) is 9.55 Å². The van der Waals surface area contributed by atoms with Crippen molar-refractivity contribution >= 4 is 22.1 Å². The first-order chi connectivity index (χ1) is 19.5. The molecule has 4 nitrogen and oxygen atoms in total. The van der Waals surface area contributed by atoms with Crippen molar-refractivity contribution in [3.05, 3.63) is 126 Å². The molecule has 0 amide bonds. The van der Waals surface area contributed by atoms with Crippen LogP contribution in [0.1, 0.15) is 16.7 Å². The number of fused-ring (bicyclic) bond motifs is 2. The van der Waals surface area contributed by atoms with Crippen LogP contribution < -0.4 is 4.57 Å². The van der Waals surface area contributed by atoms with Crippen molar-refractivity contribution in [2.24, 2.45) is 7.05 Å². The maximum Gasteiger partial charge on any atom is 0.299 e. The Morgan fingerprint density at radius 3 is 2.02 bits per heavy atom. The zero-order valence-electron chi connectivity index (χ0n) is 23.1. The first kappa shape index (κ1) is 24.1. The van der Waals surface area contributed by atoms with Crippen molar-refractivity contribution in [2.75, 3.05) is 0 Å². The summed E-state index contributed by atoms with van der Waals surface area (Å²) in [4.78, 5) is 4.98. The average Bonchev–Trinajstić information content (AvgIpc) is 3.52. The maximum absolute atomic E-state index is 6.66. The summed E-state index contributed by atoms with van der Waals surface area (Å²) >= 11 is 0. The lowest BCUT2D eigenvalue weighted by Crippen LogP contribution is -2.30. The fourth-order valence-corrected chi connectivity index (χ4v) is 5.92. The molecule has 0 radical (unpaired) electrons. The Balaban J connectivity index is 1.49. The Morgan fingerprint density at radius 1 is 0.625 bits per heavy atom. The number of aromatic nitrogens is 3. The predicted octanol–water partition coefficient (Wildman–Crippen LogP) is 8.52. The van der Waals surface area contributed by atoms with Gasteiger partial charge in [-0.1, -0.05) is 78.9 Å². The summed E-state index contributed by atoms with van der Waals surface area (Å²) in [6.45, 7) is 6.37. The molecular formula is C36H30N3O+. The van der Waals surface area contributed by atoms with E-state index in [9.17, 15) is 0 Å². The van der Waals surface area contributed by atoms with Crippen LogP contribution in [0.25, 0.3) is 61.8 Å². The summed E-state index contributed by atoms with van der Waals surface area (Å²) < 4.78 is 11.3. The molecule has 194 valence electrons. The van der Waals surface area contributed by atoms with Crippen molar-refractivity contribution in [1.82, 2.24) is 9.55 Å². The molecule has 0 saturated heterocycles. The minimum atomic E-state index is 0.662. The summed E-state index contributed by atoms with van der Waals surface area (Å²) in [7, 11) is 2.13. The highest BCUT2D eigenvalue weighted by molar-refractivity contribution is 5.93. The van der Waals surface area contributed by atoms with Crippen LogP contribution in [0.5, 0.6) is 0 Å². The van der Waals surface area contributed by atoms with Gasteiger partial charge >= 0.3 is 0 Å². The maximum atomic E-state index is 6.66. The highest BCUT2D eigenvalue weighted by atomic mass is 16.3. The topological polar surface area (TPSA) is 34.8 Å². The monoisotopic (exact) mass is 520 g/mol. The standard InChI is InChI=1S/C36H30N3O/c1-23-11-10-12-24(2)32(23)35-37-29-22-17-25(3)33(34(29)40-35)36-38(4)30-15-8-9-16-31(30)39(36)28-20-18-27(19-21-28)26-13-6-5-7-14-26/h5-22H,1-4H3/q+1. The highest BCUT2D eigenvalue weighted by Gasteiger charge is 2.30. The van der Waals surface area contributed by atoms with Crippen LogP contribution in [-0.2, 0) is 7.05 Å². The van der Waals surface area contributed by atoms with Crippen molar-refractivity contribution in [2.45, 2.75) is 20.8 Å². The van der Waals surface area contributed by atoms with E-state index in [-0.39, 0.29) is 0 Å². The molecule has 4 heteroatoms. The van der Waals surface area contributed by atoms with Gasteiger partial charge in [0, 0.05) is 5.56 Å². The van der Waals surface area contributed by atoms with E-state index in [4.69, 9.17) is 9.40 Å². The Bertz CT molecular complexity index is 2010. The Kier molecular flexibility index (Phi) is 5.64. The molecule has 0 fully saturated rings. The van der Waals surface area contributed by atoms with Crippen molar-refractivity contribution < 1.29 is 8.98 Å². The molecule has 40 heavy (non-hydrogen) atoms. The quantitative estimate of drug-likeness (QED) is 0.218.